The Kier molecular flexibility index (Phi) is 9.60. The molecule has 0 saturated carbocycles. The molecule has 174 valence electrons. The third-order valence-corrected chi connectivity index (χ3v) is 6.11. The number of amides is 2. The lowest BCUT2D eigenvalue weighted by Crippen LogP contribution is -2.47. The van der Waals surface area contributed by atoms with Gasteiger partial charge in [-0.15, -0.1) is 0 Å². The molecular formula is C26H34Cl2N2O2. The molecule has 0 aliphatic carbocycles. The highest BCUT2D eigenvalue weighted by Crippen LogP contribution is 2.25. The summed E-state index contributed by atoms with van der Waals surface area (Å²) < 4.78 is 0. The highest BCUT2D eigenvalue weighted by Gasteiger charge is 2.26. The van der Waals surface area contributed by atoms with Crippen molar-refractivity contribution in [3.8, 4) is 0 Å². The molecule has 2 amide bonds. The smallest absolute Gasteiger partial charge is 0.242 e. The lowest BCUT2D eigenvalue weighted by molar-refractivity contribution is -0.140. The molecule has 2 aromatic rings. The highest BCUT2D eigenvalue weighted by atomic mass is 35.5. The third-order valence-electron chi connectivity index (χ3n) is 5.52. The van der Waals surface area contributed by atoms with Crippen molar-refractivity contribution in [1.29, 1.82) is 0 Å². The van der Waals surface area contributed by atoms with Gasteiger partial charge in [-0.1, -0.05) is 81.2 Å². The Morgan fingerprint density at radius 3 is 2.28 bits per heavy atom. The summed E-state index contributed by atoms with van der Waals surface area (Å²) in [6, 6.07) is 13.0. The van der Waals surface area contributed by atoms with Crippen LogP contribution in [0.3, 0.4) is 0 Å². The lowest BCUT2D eigenvalue weighted by atomic mass is 9.86. The van der Waals surface area contributed by atoms with E-state index in [9.17, 15) is 9.59 Å². The maximum absolute atomic E-state index is 13.2. The summed E-state index contributed by atoms with van der Waals surface area (Å²) in [7, 11) is 0. The second-order valence-corrected chi connectivity index (χ2v) is 10.0. The summed E-state index contributed by atoms with van der Waals surface area (Å²) in [6.45, 7) is 11.1. The molecule has 0 bridgehead atoms. The SMILES string of the molecule is CCCNC(=O)[C@@H](C)N(Cc1ccc(Cl)cc1Cl)C(=O)CCc1ccc(C(C)(C)C)cc1. The molecule has 32 heavy (non-hydrogen) atoms. The van der Waals surface area contributed by atoms with Crippen molar-refractivity contribution in [1.82, 2.24) is 10.2 Å². The van der Waals surface area contributed by atoms with E-state index in [1.165, 1.54) is 5.56 Å². The normalized spacial score (nSPS) is 12.3. The van der Waals surface area contributed by atoms with Crippen LogP contribution in [0.15, 0.2) is 42.5 Å². The fourth-order valence-electron chi connectivity index (χ4n) is 3.38. The number of hydrogen-bond donors (Lipinski definition) is 1. The van der Waals surface area contributed by atoms with Gasteiger partial charge in [0.05, 0.1) is 0 Å². The average molecular weight is 477 g/mol. The first kappa shape index (κ1) is 26.2. The third kappa shape index (κ3) is 7.53. The van der Waals surface area contributed by atoms with Crippen molar-refractivity contribution in [2.75, 3.05) is 6.54 Å². The molecule has 0 saturated heterocycles. The number of nitrogens with one attached hydrogen (secondary N) is 1. The standard InChI is InChI=1S/C26H34Cl2N2O2/c1-6-15-29-25(32)18(2)30(17-20-10-13-22(27)16-23(20)28)24(31)14-9-19-7-11-21(12-8-19)26(3,4)5/h7-8,10-13,16,18H,6,9,14-15,17H2,1-5H3,(H,29,32)/t18-/m1/s1. The summed E-state index contributed by atoms with van der Waals surface area (Å²) >= 11 is 12.4. The van der Waals surface area contributed by atoms with Crippen LogP contribution >= 0.6 is 23.2 Å². The van der Waals surface area contributed by atoms with E-state index in [1.54, 1.807) is 30.0 Å². The Hall–Kier alpha value is -2.04. The van der Waals surface area contributed by atoms with Gasteiger partial charge in [-0.3, -0.25) is 9.59 Å². The summed E-state index contributed by atoms with van der Waals surface area (Å²) in [5.41, 5.74) is 3.20. The van der Waals surface area contributed by atoms with Crippen LogP contribution in [0.2, 0.25) is 10.0 Å². The lowest BCUT2D eigenvalue weighted by Gasteiger charge is -2.29. The Bertz CT molecular complexity index is 920. The molecule has 0 aliphatic heterocycles. The Morgan fingerprint density at radius 1 is 1.06 bits per heavy atom. The topological polar surface area (TPSA) is 49.4 Å². The zero-order valence-electron chi connectivity index (χ0n) is 19.7. The number of carbonyl (C=O) groups excluding carboxylic acids is 2. The maximum Gasteiger partial charge on any atom is 0.242 e. The quantitative estimate of drug-likeness (QED) is 0.470. The van der Waals surface area contributed by atoms with Crippen molar-refractivity contribution < 1.29 is 9.59 Å². The number of nitrogens with zero attached hydrogens (tertiary/aromatic N) is 1. The van der Waals surface area contributed by atoms with E-state index in [4.69, 9.17) is 23.2 Å². The summed E-state index contributed by atoms with van der Waals surface area (Å²) in [5, 5.41) is 3.90. The minimum Gasteiger partial charge on any atom is -0.354 e. The number of aryl methyl sites for hydroxylation is 1. The molecule has 0 fully saturated rings. The number of halogens is 2. The maximum atomic E-state index is 13.2. The summed E-state index contributed by atoms with van der Waals surface area (Å²) in [5.74, 6) is -0.255. The molecule has 1 atom stereocenters. The van der Waals surface area contributed by atoms with Crippen LogP contribution in [-0.2, 0) is 28.0 Å². The molecule has 0 spiro atoms. The molecule has 2 aromatic carbocycles. The van der Waals surface area contributed by atoms with Gasteiger partial charge < -0.3 is 10.2 Å². The number of rotatable bonds is 9. The van der Waals surface area contributed by atoms with E-state index < -0.39 is 6.04 Å². The van der Waals surface area contributed by atoms with Gasteiger partial charge in [0.15, 0.2) is 0 Å². The van der Waals surface area contributed by atoms with Crippen LogP contribution in [-0.4, -0.2) is 29.3 Å². The summed E-state index contributed by atoms with van der Waals surface area (Å²) in [6.07, 6.45) is 1.75. The van der Waals surface area contributed by atoms with Crippen LogP contribution in [0.4, 0.5) is 0 Å². The van der Waals surface area contributed by atoms with Crippen LogP contribution < -0.4 is 5.32 Å². The van der Waals surface area contributed by atoms with Crippen LogP contribution in [0.5, 0.6) is 0 Å². The molecule has 1 N–H and O–H groups in total. The van der Waals surface area contributed by atoms with Crippen LogP contribution in [0.25, 0.3) is 0 Å². The van der Waals surface area contributed by atoms with Gasteiger partial charge in [-0.25, -0.2) is 0 Å². The first-order valence-corrected chi connectivity index (χ1v) is 11.9. The fourth-order valence-corrected chi connectivity index (χ4v) is 3.85. The molecule has 6 heteroatoms. The van der Waals surface area contributed by atoms with E-state index >= 15 is 0 Å². The van der Waals surface area contributed by atoms with Gasteiger partial charge in [0, 0.05) is 29.6 Å². The first-order valence-electron chi connectivity index (χ1n) is 11.1. The Balaban J connectivity index is 2.16. The monoisotopic (exact) mass is 476 g/mol. The molecular weight excluding hydrogens is 443 g/mol. The highest BCUT2D eigenvalue weighted by molar-refractivity contribution is 6.35. The van der Waals surface area contributed by atoms with Gasteiger partial charge in [-0.2, -0.15) is 0 Å². The zero-order valence-corrected chi connectivity index (χ0v) is 21.2. The van der Waals surface area contributed by atoms with E-state index in [1.807, 2.05) is 6.92 Å². The van der Waals surface area contributed by atoms with E-state index in [2.05, 4.69) is 50.4 Å². The van der Waals surface area contributed by atoms with Crippen molar-refractivity contribution in [2.45, 2.75) is 71.9 Å². The van der Waals surface area contributed by atoms with Gasteiger partial charge in [-0.05, 0) is 54.0 Å². The van der Waals surface area contributed by atoms with Crippen molar-refractivity contribution in [3.05, 3.63) is 69.2 Å². The molecule has 0 radical (unpaired) electrons. The zero-order chi connectivity index (χ0) is 23.9. The van der Waals surface area contributed by atoms with Crippen molar-refractivity contribution in [3.63, 3.8) is 0 Å². The second kappa shape index (κ2) is 11.7. The molecule has 0 unspecified atom stereocenters. The van der Waals surface area contributed by atoms with Crippen molar-refractivity contribution >= 4 is 35.0 Å². The van der Waals surface area contributed by atoms with Crippen LogP contribution in [0.1, 0.15) is 64.2 Å². The number of carbonyl (C=O) groups is 2. The first-order chi connectivity index (χ1) is 15.0. The molecule has 0 heterocycles. The molecule has 0 aromatic heterocycles. The van der Waals surface area contributed by atoms with Crippen molar-refractivity contribution in [2.24, 2.45) is 0 Å². The van der Waals surface area contributed by atoms with Gasteiger partial charge in [0.1, 0.15) is 6.04 Å². The van der Waals surface area contributed by atoms with Gasteiger partial charge in [0.2, 0.25) is 11.8 Å². The minimum atomic E-state index is -0.607. The van der Waals surface area contributed by atoms with E-state index in [0.717, 1.165) is 17.5 Å². The Morgan fingerprint density at radius 2 is 1.72 bits per heavy atom. The average Bonchev–Trinajstić information content (AvgIpc) is 2.74. The van der Waals surface area contributed by atoms with Gasteiger partial charge in [0.25, 0.3) is 0 Å². The fraction of sp³-hybridized carbons (Fsp3) is 0.462. The Labute approximate surface area is 202 Å². The second-order valence-electron chi connectivity index (χ2n) is 9.17. The van der Waals surface area contributed by atoms with Crippen LogP contribution in [0, 0.1) is 0 Å². The molecule has 0 aliphatic rings. The predicted octanol–water partition coefficient (Wildman–Crippen LogP) is 6.17. The molecule has 2 rings (SSSR count). The predicted molar refractivity (Wildman–Crippen MR) is 133 cm³/mol. The molecule has 4 nitrogen and oxygen atoms in total. The van der Waals surface area contributed by atoms with Gasteiger partial charge >= 0.3 is 0 Å². The number of hydrogen-bond acceptors (Lipinski definition) is 2. The minimum absolute atomic E-state index is 0.0876. The van der Waals surface area contributed by atoms with E-state index in [0.29, 0.717) is 29.4 Å². The summed E-state index contributed by atoms with van der Waals surface area (Å²) in [4.78, 5) is 27.4. The largest absolute Gasteiger partial charge is 0.354 e. The number of benzene rings is 2. The van der Waals surface area contributed by atoms with E-state index in [-0.39, 0.29) is 23.8 Å².